The Labute approximate surface area is 113 Å². The molecule has 1 amide bonds. The van der Waals surface area contributed by atoms with Crippen molar-refractivity contribution in [3.63, 3.8) is 0 Å². The van der Waals surface area contributed by atoms with Gasteiger partial charge in [-0.15, -0.1) is 11.3 Å². The molecule has 0 unspecified atom stereocenters. The number of carbonyl (C=O) groups excluding carboxylic acids is 1. The van der Waals surface area contributed by atoms with Gasteiger partial charge in [0.05, 0.1) is 27.5 Å². The zero-order chi connectivity index (χ0) is 13.0. The summed E-state index contributed by atoms with van der Waals surface area (Å²) in [5.74, 6) is -0.344. The third-order valence-corrected chi connectivity index (χ3v) is 3.24. The summed E-state index contributed by atoms with van der Waals surface area (Å²) in [5, 5.41) is 7.05. The second-order valence-electron chi connectivity index (χ2n) is 3.47. The van der Waals surface area contributed by atoms with Crippen LogP contribution in [0.1, 0.15) is 21.1 Å². The van der Waals surface area contributed by atoms with E-state index in [1.165, 1.54) is 17.6 Å². The largest absolute Gasteiger partial charge is 0.272 e. The fourth-order valence-corrected chi connectivity index (χ4v) is 2.09. The Balaban J connectivity index is 2.01. The van der Waals surface area contributed by atoms with Gasteiger partial charge in [0.1, 0.15) is 0 Å². The summed E-state index contributed by atoms with van der Waals surface area (Å²) in [4.78, 5) is 15.9. The van der Waals surface area contributed by atoms with Crippen molar-refractivity contribution in [2.75, 3.05) is 0 Å². The Kier molecular flexibility index (Phi) is 4.07. The lowest BCUT2D eigenvalue weighted by molar-refractivity contribution is 0.0955. The van der Waals surface area contributed by atoms with Gasteiger partial charge in [0.15, 0.2) is 0 Å². The van der Waals surface area contributed by atoms with E-state index in [4.69, 9.17) is 11.6 Å². The van der Waals surface area contributed by atoms with Gasteiger partial charge in [0, 0.05) is 5.38 Å². The molecule has 2 aromatic rings. The fraction of sp³-hybridized carbons (Fsp3) is 0.0833. The molecule has 0 radical (unpaired) electrons. The molecule has 0 saturated heterocycles. The first kappa shape index (κ1) is 12.7. The molecule has 6 heteroatoms. The molecule has 0 atom stereocenters. The van der Waals surface area contributed by atoms with E-state index in [0.717, 1.165) is 10.7 Å². The number of rotatable bonds is 3. The molecule has 92 valence electrons. The highest BCUT2D eigenvalue weighted by Gasteiger charge is 2.07. The molecule has 0 fully saturated rings. The van der Waals surface area contributed by atoms with Crippen LogP contribution in [0.25, 0.3) is 0 Å². The molecule has 0 saturated carbocycles. The molecule has 0 bridgehead atoms. The van der Waals surface area contributed by atoms with Crippen molar-refractivity contribution in [3.05, 3.63) is 50.9 Å². The highest BCUT2D eigenvalue weighted by molar-refractivity contribution is 7.09. The molecule has 1 aromatic carbocycles. The highest BCUT2D eigenvalue weighted by Crippen LogP contribution is 2.14. The number of aromatic nitrogens is 1. The molecule has 18 heavy (non-hydrogen) atoms. The number of halogens is 1. The van der Waals surface area contributed by atoms with Gasteiger partial charge in [0.25, 0.3) is 5.91 Å². The molecular formula is C12H10ClN3OS. The van der Waals surface area contributed by atoms with Crippen LogP contribution in [-0.2, 0) is 0 Å². The summed E-state index contributed by atoms with van der Waals surface area (Å²) in [6.07, 6.45) is 1.50. The molecule has 1 heterocycles. The van der Waals surface area contributed by atoms with E-state index >= 15 is 0 Å². The van der Waals surface area contributed by atoms with Gasteiger partial charge in [-0.2, -0.15) is 5.10 Å². The molecule has 1 aromatic heterocycles. The zero-order valence-corrected chi connectivity index (χ0v) is 11.1. The number of nitrogens with one attached hydrogen (secondary N) is 1. The van der Waals surface area contributed by atoms with Crippen molar-refractivity contribution >= 4 is 35.1 Å². The first-order chi connectivity index (χ1) is 8.66. The van der Waals surface area contributed by atoms with E-state index in [2.05, 4.69) is 15.5 Å². The lowest BCUT2D eigenvalue weighted by atomic mass is 10.2. The summed E-state index contributed by atoms with van der Waals surface area (Å²) < 4.78 is 0. The number of benzene rings is 1. The van der Waals surface area contributed by atoms with Gasteiger partial charge in [0.2, 0.25) is 0 Å². The molecule has 1 N–H and O–H groups in total. The summed E-state index contributed by atoms with van der Waals surface area (Å²) in [5.41, 5.74) is 3.52. The monoisotopic (exact) mass is 279 g/mol. The molecule has 4 nitrogen and oxygen atoms in total. The maximum absolute atomic E-state index is 11.7. The van der Waals surface area contributed by atoms with Crippen LogP contribution in [-0.4, -0.2) is 17.1 Å². The van der Waals surface area contributed by atoms with Crippen molar-refractivity contribution in [1.29, 1.82) is 0 Å². The van der Waals surface area contributed by atoms with Gasteiger partial charge in [-0.3, -0.25) is 4.79 Å². The second kappa shape index (κ2) is 5.75. The quantitative estimate of drug-likeness (QED) is 0.694. The molecule has 2 rings (SSSR count). The first-order valence-electron chi connectivity index (χ1n) is 5.17. The smallest absolute Gasteiger partial charge is 0.267 e. The van der Waals surface area contributed by atoms with Crippen LogP contribution in [0.2, 0.25) is 5.02 Å². The van der Waals surface area contributed by atoms with Crippen LogP contribution in [0.4, 0.5) is 0 Å². The standard InChI is InChI=1S/C12H10ClN3OS/c1-8-15-9(7-18-8)6-14-16-12(17)10-4-2-3-5-11(10)13/h2-7H,1H3,(H,16,17)/b14-6-. The SMILES string of the molecule is Cc1nc(/C=N\NC(=O)c2ccccc2Cl)cs1. The average molecular weight is 280 g/mol. The highest BCUT2D eigenvalue weighted by atomic mass is 35.5. The zero-order valence-electron chi connectivity index (χ0n) is 9.55. The third kappa shape index (κ3) is 3.15. The number of amides is 1. The number of thiazole rings is 1. The van der Waals surface area contributed by atoms with E-state index in [9.17, 15) is 4.79 Å². The Bertz CT molecular complexity index is 595. The maximum atomic E-state index is 11.7. The van der Waals surface area contributed by atoms with Crippen molar-refractivity contribution < 1.29 is 4.79 Å². The van der Waals surface area contributed by atoms with Crippen molar-refractivity contribution in [2.45, 2.75) is 6.92 Å². The predicted octanol–water partition coefficient (Wildman–Crippen LogP) is 2.87. The van der Waals surface area contributed by atoms with Crippen molar-refractivity contribution in [2.24, 2.45) is 5.10 Å². The van der Waals surface area contributed by atoms with Crippen LogP contribution in [0.5, 0.6) is 0 Å². The molecule has 0 aliphatic carbocycles. The second-order valence-corrected chi connectivity index (χ2v) is 4.94. The van der Waals surface area contributed by atoms with E-state index < -0.39 is 0 Å². The van der Waals surface area contributed by atoms with Crippen LogP contribution in [0.15, 0.2) is 34.7 Å². The number of carbonyl (C=O) groups is 1. The number of nitrogens with zero attached hydrogens (tertiary/aromatic N) is 2. The first-order valence-corrected chi connectivity index (χ1v) is 6.42. The van der Waals surface area contributed by atoms with Crippen molar-refractivity contribution in [1.82, 2.24) is 10.4 Å². The van der Waals surface area contributed by atoms with Gasteiger partial charge in [-0.05, 0) is 19.1 Å². The van der Waals surface area contributed by atoms with Gasteiger partial charge in [-0.1, -0.05) is 23.7 Å². The lowest BCUT2D eigenvalue weighted by Gasteiger charge is -2.00. The van der Waals surface area contributed by atoms with Crippen LogP contribution < -0.4 is 5.43 Å². The number of hydrogen-bond donors (Lipinski definition) is 1. The Hall–Kier alpha value is -1.72. The topological polar surface area (TPSA) is 54.4 Å². The summed E-state index contributed by atoms with van der Waals surface area (Å²) in [6.45, 7) is 1.91. The van der Waals surface area contributed by atoms with Crippen LogP contribution in [0.3, 0.4) is 0 Å². The van der Waals surface area contributed by atoms with Gasteiger partial charge < -0.3 is 0 Å². The van der Waals surface area contributed by atoms with Gasteiger partial charge >= 0.3 is 0 Å². The number of aryl methyl sites for hydroxylation is 1. The van der Waals surface area contributed by atoms with Crippen LogP contribution >= 0.6 is 22.9 Å². The maximum Gasteiger partial charge on any atom is 0.272 e. The molecular weight excluding hydrogens is 270 g/mol. The summed E-state index contributed by atoms with van der Waals surface area (Å²) in [6, 6.07) is 6.80. The van der Waals surface area contributed by atoms with E-state index in [1.54, 1.807) is 24.3 Å². The van der Waals surface area contributed by atoms with E-state index in [-0.39, 0.29) is 5.91 Å². The van der Waals surface area contributed by atoms with Crippen LogP contribution in [0, 0.1) is 6.92 Å². The number of hydrogen-bond acceptors (Lipinski definition) is 4. The van der Waals surface area contributed by atoms with E-state index in [0.29, 0.717) is 10.6 Å². The molecule has 0 aliphatic heterocycles. The average Bonchev–Trinajstić information content (AvgIpc) is 2.75. The van der Waals surface area contributed by atoms with E-state index in [1.807, 2.05) is 12.3 Å². The summed E-state index contributed by atoms with van der Waals surface area (Å²) in [7, 11) is 0. The Morgan fingerprint density at radius 1 is 1.50 bits per heavy atom. The predicted molar refractivity (Wildman–Crippen MR) is 73.4 cm³/mol. The molecule has 0 aliphatic rings. The minimum atomic E-state index is -0.344. The van der Waals surface area contributed by atoms with Crippen molar-refractivity contribution in [3.8, 4) is 0 Å². The Morgan fingerprint density at radius 2 is 2.28 bits per heavy atom. The molecule has 0 spiro atoms. The third-order valence-electron chi connectivity index (χ3n) is 2.12. The minimum absolute atomic E-state index is 0.344. The number of hydrazone groups is 1. The fourth-order valence-electron chi connectivity index (χ4n) is 1.30. The summed E-state index contributed by atoms with van der Waals surface area (Å²) >= 11 is 7.42. The Morgan fingerprint density at radius 3 is 2.94 bits per heavy atom. The van der Waals surface area contributed by atoms with Gasteiger partial charge in [-0.25, -0.2) is 10.4 Å². The minimum Gasteiger partial charge on any atom is -0.267 e. The normalized spacial score (nSPS) is 10.8. The lowest BCUT2D eigenvalue weighted by Crippen LogP contribution is -2.17.